The lowest BCUT2D eigenvalue weighted by Crippen LogP contribution is -2.35. The lowest BCUT2D eigenvalue weighted by atomic mass is 9.98. The number of nitrogens with zero attached hydrogens (tertiary/aromatic N) is 2. The van der Waals surface area contributed by atoms with Crippen LogP contribution < -0.4 is 11.1 Å². The fourth-order valence-corrected chi connectivity index (χ4v) is 3.59. The van der Waals surface area contributed by atoms with Gasteiger partial charge in [-0.1, -0.05) is 12.8 Å². The van der Waals surface area contributed by atoms with Crippen LogP contribution in [0.1, 0.15) is 25.7 Å². The second-order valence-corrected chi connectivity index (χ2v) is 5.80. The van der Waals surface area contributed by atoms with Crippen molar-refractivity contribution in [2.24, 2.45) is 11.7 Å². The Hall–Kier alpha value is -1.20. The first-order valence-corrected chi connectivity index (χ1v) is 7.41. The number of hydrogen-bond acceptors (Lipinski definition) is 5. The summed E-state index contributed by atoms with van der Waals surface area (Å²) in [6.07, 6.45) is 6.86. The van der Waals surface area contributed by atoms with Crippen LogP contribution in [-0.2, 0) is 0 Å². The highest BCUT2D eigenvalue weighted by Gasteiger charge is 2.24. The molecule has 0 saturated heterocycles. The molecule has 3 rings (SSSR count). The normalized spacial score (nSPS) is 18.3. The van der Waals surface area contributed by atoms with E-state index in [1.807, 2.05) is 6.07 Å². The standard InChI is InChI=1S/C13H18N4S/c14-7-11(9-3-1-2-4-9)17-13-12-10(5-6-18-12)15-8-16-13/h5-6,8-9,11H,1-4,7,14H2,(H,15,16,17). The van der Waals surface area contributed by atoms with Crippen molar-refractivity contribution in [3.05, 3.63) is 17.8 Å². The van der Waals surface area contributed by atoms with E-state index < -0.39 is 0 Å². The molecule has 2 aromatic heterocycles. The fourth-order valence-electron chi connectivity index (χ4n) is 2.80. The van der Waals surface area contributed by atoms with Gasteiger partial charge in [-0.15, -0.1) is 11.3 Å². The molecule has 18 heavy (non-hydrogen) atoms. The topological polar surface area (TPSA) is 63.8 Å². The Morgan fingerprint density at radius 2 is 2.22 bits per heavy atom. The number of fused-ring (bicyclic) bond motifs is 1. The molecule has 2 heterocycles. The first-order chi connectivity index (χ1) is 8.88. The zero-order valence-corrected chi connectivity index (χ0v) is 11.1. The highest BCUT2D eigenvalue weighted by atomic mass is 32.1. The van der Waals surface area contributed by atoms with Gasteiger partial charge in [0.1, 0.15) is 12.1 Å². The Balaban J connectivity index is 1.83. The molecular weight excluding hydrogens is 244 g/mol. The van der Waals surface area contributed by atoms with E-state index in [4.69, 9.17) is 5.73 Å². The average Bonchev–Trinajstić information content (AvgIpc) is 3.06. The Kier molecular flexibility index (Phi) is 3.43. The molecule has 5 heteroatoms. The van der Waals surface area contributed by atoms with Crippen LogP contribution in [0.25, 0.3) is 10.2 Å². The molecule has 3 N–H and O–H groups in total. The highest BCUT2D eigenvalue weighted by Crippen LogP contribution is 2.31. The summed E-state index contributed by atoms with van der Waals surface area (Å²) < 4.78 is 1.13. The molecular formula is C13H18N4S. The number of rotatable bonds is 4. The van der Waals surface area contributed by atoms with Gasteiger partial charge in [-0.05, 0) is 30.2 Å². The highest BCUT2D eigenvalue weighted by molar-refractivity contribution is 7.17. The van der Waals surface area contributed by atoms with Crippen molar-refractivity contribution in [1.82, 2.24) is 9.97 Å². The maximum atomic E-state index is 5.92. The molecule has 0 radical (unpaired) electrons. The number of nitrogens with one attached hydrogen (secondary N) is 1. The maximum absolute atomic E-state index is 5.92. The SMILES string of the molecule is NCC(Nc1ncnc2ccsc12)C1CCCC1. The van der Waals surface area contributed by atoms with E-state index in [0.29, 0.717) is 18.5 Å². The Morgan fingerprint density at radius 3 is 3.00 bits per heavy atom. The molecule has 1 unspecified atom stereocenters. The first-order valence-electron chi connectivity index (χ1n) is 6.53. The molecule has 0 aliphatic heterocycles. The van der Waals surface area contributed by atoms with Crippen molar-refractivity contribution < 1.29 is 0 Å². The van der Waals surface area contributed by atoms with Gasteiger partial charge in [0.25, 0.3) is 0 Å². The van der Waals surface area contributed by atoms with Gasteiger partial charge in [-0.2, -0.15) is 0 Å². The molecule has 1 saturated carbocycles. The minimum Gasteiger partial charge on any atom is -0.364 e. The number of thiophene rings is 1. The molecule has 0 amide bonds. The quantitative estimate of drug-likeness (QED) is 0.889. The second-order valence-electron chi connectivity index (χ2n) is 4.89. The van der Waals surface area contributed by atoms with E-state index in [-0.39, 0.29) is 0 Å². The zero-order valence-electron chi connectivity index (χ0n) is 10.3. The number of hydrogen-bond donors (Lipinski definition) is 2. The van der Waals surface area contributed by atoms with Crippen molar-refractivity contribution >= 4 is 27.4 Å². The van der Waals surface area contributed by atoms with Crippen LogP contribution in [0.2, 0.25) is 0 Å². The summed E-state index contributed by atoms with van der Waals surface area (Å²) in [5.74, 6) is 1.64. The molecule has 2 aromatic rings. The van der Waals surface area contributed by atoms with Crippen molar-refractivity contribution in [3.8, 4) is 0 Å². The third-order valence-corrected chi connectivity index (χ3v) is 4.70. The number of nitrogens with two attached hydrogens (primary N) is 1. The average molecular weight is 262 g/mol. The molecule has 1 fully saturated rings. The van der Waals surface area contributed by atoms with Crippen LogP contribution in [0, 0.1) is 5.92 Å². The van der Waals surface area contributed by atoms with Crippen molar-refractivity contribution in [2.75, 3.05) is 11.9 Å². The summed E-state index contributed by atoms with van der Waals surface area (Å²) in [6.45, 7) is 0.668. The van der Waals surface area contributed by atoms with E-state index >= 15 is 0 Å². The first kappa shape index (κ1) is 11.9. The fraction of sp³-hybridized carbons (Fsp3) is 0.538. The third kappa shape index (κ3) is 2.20. The van der Waals surface area contributed by atoms with E-state index in [1.54, 1.807) is 17.7 Å². The third-order valence-electron chi connectivity index (χ3n) is 3.79. The van der Waals surface area contributed by atoms with Crippen LogP contribution in [0.3, 0.4) is 0 Å². The predicted octanol–water partition coefficient (Wildman–Crippen LogP) is 2.62. The van der Waals surface area contributed by atoms with Gasteiger partial charge in [0.15, 0.2) is 0 Å². The Labute approximate surface area is 111 Å². The minimum absolute atomic E-state index is 0.340. The van der Waals surface area contributed by atoms with E-state index in [1.165, 1.54) is 25.7 Å². The van der Waals surface area contributed by atoms with Gasteiger partial charge in [0, 0.05) is 12.6 Å². The molecule has 1 atom stereocenters. The summed E-state index contributed by atoms with van der Waals surface area (Å²) >= 11 is 1.68. The van der Waals surface area contributed by atoms with Crippen LogP contribution in [0.4, 0.5) is 5.82 Å². The molecule has 4 nitrogen and oxygen atoms in total. The molecule has 1 aliphatic carbocycles. The molecule has 96 valence electrons. The minimum atomic E-state index is 0.340. The summed E-state index contributed by atoms with van der Waals surface area (Å²) in [5, 5.41) is 5.59. The van der Waals surface area contributed by atoms with Crippen LogP contribution in [0.5, 0.6) is 0 Å². The van der Waals surface area contributed by atoms with Crippen LogP contribution in [0.15, 0.2) is 17.8 Å². The summed E-state index contributed by atoms with van der Waals surface area (Å²) in [4.78, 5) is 8.63. The Morgan fingerprint density at radius 1 is 1.39 bits per heavy atom. The molecule has 0 bridgehead atoms. The summed E-state index contributed by atoms with van der Waals surface area (Å²) in [6, 6.07) is 2.37. The van der Waals surface area contributed by atoms with Gasteiger partial charge < -0.3 is 11.1 Å². The van der Waals surface area contributed by atoms with Gasteiger partial charge in [-0.3, -0.25) is 0 Å². The Bertz CT molecular complexity index is 518. The predicted molar refractivity (Wildman–Crippen MR) is 75.8 cm³/mol. The smallest absolute Gasteiger partial charge is 0.147 e. The monoisotopic (exact) mass is 262 g/mol. The van der Waals surface area contributed by atoms with Gasteiger partial charge in [0.05, 0.1) is 10.2 Å². The summed E-state index contributed by atoms with van der Waals surface area (Å²) in [5.41, 5.74) is 6.93. The lowest BCUT2D eigenvalue weighted by molar-refractivity contribution is 0.461. The van der Waals surface area contributed by atoms with Gasteiger partial charge in [0.2, 0.25) is 0 Å². The van der Waals surface area contributed by atoms with E-state index in [0.717, 1.165) is 16.0 Å². The van der Waals surface area contributed by atoms with E-state index in [2.05, 4.69) is 20.7 Å². The van der Waals surface area contributed by atoms with Crippen molar-refractivity contribution in [2.45, 2.75) is 31.7 Å². The summed E-state index contributed by atoms with van der Waals surface area (Å²) in [7, 11) is 0. The number of aromatic nitrogens is 2. The maximum Gasteiger partial charge on any atom is 0.147 e. The van der Waals surface area contributed by atoms with Gasteiger partial charge >= 0.3 is 0 Å². The zero-order chi connectivity index (χ0) is 12.4. The number of anilines is 1. The molecule has 1 aliphatic rings. The molecule has 0 spiro atoms. The van der Waals surface area contributed by atoms with Crippen LogP contribution >= 0.6 is 11.3 Å². The molecule has 0 aromatic carbocycles. The second kappa shape index (κ2) is 5.20. The lowest BCUT2D eigenvalue weighted by Gasteiger charge is -2.23. The van der Waals surface area contributed by atoms with Crippen molar-refractivity contribution in [1.29, 1.82) is 0 Å². The largest absolute Gasteiger partial charge is 0.364 e. The van der Waals surface area contributed by atoms with Gasteiger partial charge in [-0.25, -0.2) is 9.97 Å². The van der Waals surface area contributed by atoms with Crippen LogP contribution in [-0.4, -0.2) is 22.6 Å². The van der Waals surface area contributed by atoms with E-state index in [9.17, 15) is 0 Å². The van der Waals surface area contributed by atoms with Crippen molar-refractivity contribution in [3.63, 3.8) is 0 Å².